The Bertz CT molecular complexity index is 1130. The minimum Gasteiger partial charge on any atom is -0.338 e. The average Bonchev–Trinajstić information content (AvgIpc) is 3.17. The Labute approximate surface area is 192 Å². The van der Waals surface area contributed by atoms with Crippen molar-refractivity contribution in [3.05, 3.63) is 82.7 Å². The standard InChI is InChI=1S/C25H29F2N5O/c1-3-28-25(33)31(4-2)17-23-21-16-30(15-18-8-5-6-11-22(18)27)13-12-24(21)32(29-23)20-10-7-9-19(26)14-20/h5-11,14H,3-4,12-13,15-17H2,1-2H3,(H,28,33). The molecule has 4 rings (SSSR count). The zero-order chi connectivity index (χ0) is 23.4. The van der Waals surface area contributed by atoms with Crippen LogP contribution in [0.2, 0.25) is 0 Å². The van der Waals surface area contributed by atoms with Crippen LogP contribution in [0.15, 0.2) is 48.5 Å². The summed E-state index contributed by atoms with van der Waals surface area (Å²) in [4.78, 5) is 16.4. The number of amides is 2. The number of halogens is 2. The molecule has 2 aromatic carbocycles. The normalized spacial score (nSPS) is 13.6. The number of carbonyl (C=O) groups is 1. The topological polar surface area (TPSA) is 53.4 Å². The molecule has 174 valence electrons. The minimum absolute atomic E-state index is 0.145. The van der Waals surface area contributed by atoms with Crippen molar-refractivity contribution in [2.75, 3.05) is 19.6 Å². The predicted octanol–water partition coefficient (Wildman–Crippen LogP) is 4.26. The van der Waals surface area contributed by atoms with Crippen LogP contribution in [0.25, 0.3) is 5.69 Å². The Kier molecular flexibility index (Phi) is 7.03. The van der Waals surface area contributed by atoms with E-state index in [-0.39, 0.29) is 17.7 Å². The van der Waals surface area contributed by atoms with Crippen LogP contribution in [0.1, 0.15) is 36.4 Å². The van der Waals surface area contributed by atoms with Crippen molar-refractivity contribution in [3.8, 4) is 5.69 Å². The van der Waals surface area contributed by atoms with E-state index >= 15 is 0 Å². The molecule has 1 aromatic heterocycles. The molecular formula is C25H29F2N5O. The Morgan fingerprint density at radius 1 is 1.15 bits per heavy atom. The van der Waals surface area contributed by atoms with E-state index in [2.05, 4.69) is 10.2 Å². The van der Waals surface area contributed by atoms with Crippen LogP contribution >= 0.6 is 0 Å². The first-order valence-corrected chi connectivity index (χ1v) is 11.3. The fourth-order valence-electron chi connectivity index (χ4n) is 4.26. The Morgan fingerprint density at radius 3 is 2.70 bits per heavy atom. The monoisotopic (exact) mass is 453 g/mol. The van der Waals surface area contributed by atoms with Crippen LogP contribution < -0.4 is 5.32 Å². The van der Waals surface area contributed by atoms with Crippen LogP contribution in [-0.2, 0) is 26.1 Å². The van der Waals surface area contributed by atoms with Gasteiger partial charge in [-0.05, 0) is 38.1 Å². The van der Waals surface area contributed by atoms with Gasteiger partial charge in [0.25, 0.3) is 0 Å². The summed E-state index contributed by atoms with van der Waals surface area (Å²) in [6.07, 6.45) is 0.695. The van der Waals surface area contributed by atoms with Crippen molar-refractivity contribution in [2.45, 2.75) is 39.9 Å². The first kappa shape index (κ1) is 22.9. The molecule has 2 amide bonds. The molecule has 0 fully saturated rings. The Hall–Kier alpha value is -3.26. The summed E-state index contributed by atoms with van der Waals surface area (Å²) in [5, 5.41) is 7.66. The van der Waals surface area contributed by atoms with Crippen LogP contribution in [0.4, 0.5) is 13.6 Å². The number of nitrogens with zero attached hydrogens (tertiary/aromatic N) is 4. The van der Waals surface area contributed by atoms with Gasteiger partial charge in [0, 0.05) is 50.3 Å². The van der Waals surface area contributed by atoms with E-state index in [0.717, 1.165) is 23.5 Å². The molecular weight excluding hydrogens is 424 g/mol. The lowest BCUT2D eigenvalue weighted by molar-refractivity contribution is 0.197. The van der Waals surface area contributed by atoms with Crippen LogP contribution in [0.5, 0.6) is 0 Å². The molecule has 0 saturated carbocycles. The van der Waals surface area contributed by atoms with Crippen LogP contribution in [0, 0.1) is 11.6 Å². The molecule has 1 aliphatic heterocycles. The number of fused-ring (bicyclic) bond motifs is 1. The van der Waals surface area contributed by atoms with Crippen molar-refractivity contribution >= 4 is 6.03 Å². The van der Waals surface area contributed by atoms with Gasteiger partial charge in [-0.2, -0.15) is 5.10 Å². The van der Waals surface area contributed by atoms with E-state index in [1.54, 1.807) is 27.8 Å². The van der Waals surface area contributed by atoms with Gasteiger partial charge in [0.15, 0.2) is 0 Å². The van der Waals surface area contributed by atoms with Crippen molar-refractivity contribution in [1.29, 1.82) is 0 Å². The summed E-state index contributed by atoms with van der Waals surface area (Å²) in [7, 11) is 0. The molecule has 3 aromatic rings. The van der Waals surface area contributed by atoms with Crippen molar-refractivity contribution in [1.82, 2.24) is 24.9 Å². The van der Waals surface area contributed by atoms with Gasteiger partial charge in [-0.1, -0.05) is 24.3 Å². The Morgan fingerprint density at radius 2 is 1.97 bits per heavy atom. The molecule has 0 saturated heterocycles. The molecule has 0 radical (unpaired) electrons. The summed E-state index contributed by atoms with van der Waals surface area (Å²) >= 11 is 0. The van der Waals surface area contributed by atoms with Crippen molar-refractivity contribution in [2.24, 2.45) is 0 Å². The molecule has 33 heavy (non-hydrogen) atoms. The number of aromatic nitrogens is 2. The number of hydrogen-bond acceptors (Lipinski definition) is 3. The summed E-state index contributed by atoms with van der Waals surface area (Å²) < 4.78 is 30.0. The highest BCUT2D eigenvalue weighted by Gasteiger charge is 2.27. The number of carbonyl (C=O) groups excluding carboxylic acids is 1. The maximum Gasteiger partial charge on any atom is 0.317 e. The molecule has 0 atom stereocenters. The van der Waals surface area contributed by atoms with Crippen LogP contribution in [-0.4, -0.2) is 45.2 Å². The Balaban J connectivity index is 1.67. The number of urea groups is 1. The van der Waals surface area contributed by atoms with E-state index in [9.17, 15) is 13.6 Å². The molecule has 0 unspecified atom stereocenters. The largest absolute Gasteiger partial charge is 0.338 e. The second kappa shape index (κ2) is 10.1. The van der Waals surface area contributed by atoms with Crippen molar-refractivity contribution in [3.63, 3.8) is 0 Å². The van der Waals surface area contributed by atoms with E-state index in [0.29, 0.717) is 50.4 Å². The SMILES string of the molecule is CCNC(=O)N(CC)Cc1nn(-c2cccc(F)c2)c2c1CN(Cc1ccccc1F)CC2. The molecule has 0 bridgehead atoms. The van der Waals surface area contributed by atoms with E-state index in [4.69, 9.17) is 5.10 Å². The maximum absolute atomic E-state index is 14.2. The van der Waals surface area contributed by atoms with Crippen molar-refractivity contribution < 1.29 is 13.6 Å². The highest BCUT2D eigenvalue weighted by molar-refractivity contribution is 5.74. The third-order valence-electron chi connectivity index (χ3n) is 5.96. The van der Waals surface area contributed by atoms with E-state index in [1.165, 1.54) is 18.2 Å². The van der Waals surface area contributed by atoms with E-state index < -0.39 is 0 Å². The van der Waals surface area contributed by atoms with Gasteiger partial charge in [-0.25, -0.2) is 18.3 Å². The third-order valence-corrected chi connectivity index (χ3v) is 5.96. The predicted molar refractivity (Wildman–Crippen MR) is 123 cm³/mol. The molecule has 2 heterocycles. The number of nitrogens with one attached hydrogen (secondary N) is 1. The van der Waals surface area contributed by atoms with Gasteiger partial charge >= 0.3 is 6.03 Å². The number of hydrogen-bond donors (Lipinski definition) is 1. The van der Waals surface area contributed by atoms with Gasteiger partial charge < -0.3 is 10.2 Å². The first-order chi connectivity index (χ1) is 16.0. The third kappa shape index (κ3) is 5.06. The summed E-state index contributed by atoms with van der Waals surface area (Å²) in [5.74, 6) is -0.542. The van der Waals surface area contributed by atoms with Gasteiger partial charge in [-0.3, -0.25) is 4.90 Å². The smallest absolute Gasteiger partial charge is 0.317 e. The zero-order valence-corrected chi connectivity index (χ0v) is 19.0. The van der Waals surface area contributed by atoms with Gasteiger partial charge in [0.05, 0.1) is 23.6 Å². The van der Waals surface area contributed by atoms with E-state index in [1.807, 2.05) is 26.0 Å². The molecule has 6 nitrogen and oxygen atoms in total. The van der Waals surface area contributed by atoms with Gasteiger partial charge in [0.2, 0.25) is 0 Å². The first-order valence-electron chi connectivity index (χ1n) is 11.3. The quantitative estimate of drug-likeness (QED) is 0.582. The lowest BCUT2D eigenvalue weighted by atomic mass is 10.0. The molecule has 1 N–H and O–H groups in total. The second-order valence-corrected chi connectivity index (χ2v) is 8.17. The number of rotatable bonds is 7. The lowest BCUT2D eigenvalue weighted by Crippen LogP contribution is -2.39. The van der Waals surface area contributed by atoms with Gasteiger partial charge in [0.1, 0.15) is 11.6 Å². The average molecular weight is 454 g/mol. The fraction of sp³-hybridized carbons (Fsp3) is 0.360. The highest BCUT2D eigenvalue weighted by atomic mass is 19.1. The maximum atomic E-state index is 14.2. The zero-order valence-electron chi connectivity index (χ0n) is 19.0. The van der Waals surface area contributed by atoms with Gasteiger partial charge in [-0.15, -0.1) is 0 Å². The summed E-state index contributed by atoms with van der Waals surface area (Å²) in [6.45, 7) is 7.04. The minimum atomic E-state index is -0.326. The second-order valence-electron chi connectivity index (χ2n) is 8.17. The lowest BCUT2D eigenvalue weighted by Gasteiger charge is -2.28. The molecule has 0 spiro atoms. The molecule has 0 aliphatic carbocycles. The molecule has 1 aliphatic rings. The summed E-state index contributed by atoms with van der Waals surface area (Å²) in [6, 6.07) is 13.0. The number of benzene rings is 2. The van der Waals surface area contributed by atoms with Crippen LogP contribution in [0.3, 0.4) is 0 Å². The fourth-order valence-corrected chi connectivity index (χ4v) is 4.26. The molecule has 8 heteroatoms. The summed E-state index contributed by atoms with van der Waals surface area (Å²) in [5.41, 5.74) is 4.11. The highest BCUT2D eigenvalue weighted by Crippen LogP contribution is 2.28.